The molecule has 3 heterocycles. The minimum atomic E-state index is 0.316. The van der Waals surface area contributed by atoms with Crippen molar-refractivity contribution in [1.29, 1.82) is 0 Å². The molecule has 5 nitrogen and oxygen atoms in total. The fourth-order valence-corrected chi connectivity index (χ4v) is 3.98. The van der Waals surface area contributed by atoms with Crippen molar-refractivity contribution in [3.05, 3.63) is 53.6 Å². The van der Waals surface area contributed by atoms with Crippen LogP contribution in [-0.2, 0) is 11.2 Å². The predicted octanol–water partition coefficient (Wildman–Crippen LogP) is 2.63. The Morgan fingerprint density at radius 1 is 1.08 bits per heavy atom. The van der Waals surface area contributed by atoms with Crippen LogP contribution in [0.25, 0.3) is 11.6 Å². The van der Waals surface area contributed by atoms with Crippen molar-refractivity contribution in [1.82, 2.24) is 14.9 Å². The Bertz CT molecular complexity index is 865. The van der Waals surface area contributed by atoms with Gasteiger partial charge in [0.1, 0.15) is 0 Å². The maximum atomic E-state index is 12.3. The highest BCUT2D eigenvalue weighted by Crippen LogP contribution is 2.36. The molecule has 1 amide bonds. The summed E-state index contributed by atoms with van der Waals surface area (Å²) in [7, 11) is 0. The van der Waals surface area contributed by atoms with E-state index in [2.05, 4.69) is 33.1 Å². The zero-order chi connectivity index (χ0) is 17.5. The van der Waals surface area contributed by atoms with E-state index < -0.39 is 0 Å². The van der Waals surface area contributed by atoms with Gasteiger partial charge in [-0.05, 0) is 42.2 Å². The summed E-state index contributed by atoms with van der Waals surface area (Å²) in [6.07, 6.45) is 10.9. The second-order valence-electron chi connectivity index (χ2n) is 7.37. The van der Waals surface area contributed by atoms with Gasteiger partial charge in [0.05, 0.1) is 5.69 Å². The molecule has 2 fully saturated rings. The van der Waals surface area contributed by atoms with E-state index >= 15 is 0 Å². The van der Waals surface area contributed by atoms with Crippen LogP contribution in [0, 0.1) is 5.92 Å². The van der Waals surface area contributed by atoms with E-state index in [9.17, 15) is 4.79 Å². The summed E-state index contributed by atoms with van der Waals surface area (Å²) in [4.78, 5) is 25.6. The van der Waals surface area contributed by atoms with Crippen LogP contribution in [0.5, 0.6) is 0 Å². The Labute approximate surface area is 153 Å². The molecule has 5 heteroatoms. The molecule has 3 aliphatic rings. The highest BCUT2D eigenvalue weighted by Gasteiger charge is 2.35. The predicted molar refractivity (Wildman–Crippen MR) is 102 cm³/mol. The minimum Gasteiger partial charge on any atom is -0.367 e. The second kappa shape index (κ2) is 6.24. The molecular weight excluding hydrogens is 324 g/mol. The molecule has 0 aromatic carbocycles. The summed E-state index contributed by atoms with van der Waals surface area (Å²) < 4.78 is 0. The van der Waals surface area contributed by atoms with Gasteiger partial charge in [-0.3, -0.25) is 14.8 Å². The lowest BCUT2D eigenvalue weighted by Gasteiger charge is -2.37. The highest BCUT2D eigenvalue weighted by atomic mass is 16.2. The van der Waals surface area contributed by atoms with E-state index in [1.54, 1.807) is 6.20 Å². The number of carbonyl (C=O) groups is 1. The van der Waals surface area contributed by atoms with Crippen LogP contribution in [0.15, 0.2) is 36.8 Å². The lowest BCUT2D eigenvalue weighted by molar-refractivity contribution is -0.132. The zero-order valence-corrected chi connectivity index (χ0v) is 14.8. The van der Waals surface area contributed by atoms with Crippen molar-refractivity contribution in [2.45, 2.75) is 19.3 Å². The van der Waals surface area contributed by atoms with Crippen molar-refractivity contribution in [2.24, 2.45) is 5.92 Å². The number of rotatable bonds is 3. The first kappa shape index (κ1) is 15.6. The quantitative estimate of drug-likeness (QED) is 0.857. The molecule has 2 aliphatic carbocycles. The zero-order valence-electron chi connectivity index (χ0n) is 14.8. The third-order valence-electron chi connectivity index (χ3n) is 5.62. The van der Waals surface area contributed by atoms with Crippen molar-refractivity contribution in [2.75, 3.05) is 31.1 Å². The number of allylic oxidation sites excluding steroid dienone is 1. The molecule has 26 heavy (non-hydrogen) atoms. The van der Waals surface area contributed by atoms with Gasteiger partial charge in [0.25, 0.3) is 0 Å². The van der Waals surface area contributed by atoms with E-state index in [0.717, 1.165) is 56.7 Å². The number of piperazine rings is 1. The Morgan fingerprint density at radius 2 is 1.92 bits per heavy atom. The van der Waals surface area contributed by atoms with Gasteiger partial charge in [-0.15, -0.1) is 0 Å². The first-order valence-corrected chi connectivity index (χ1v) is 9.42. The number of nitrogens with zero attached hydrogens (tertiary/aromatic N) is 4. The Kier molecular flexibility index (Phi) is 3.73. The smallest absolute Gasteiger partial charge is 0.225 e. The molecule has 132 valence electrons. The first-order chi connectivity index (χ1) is 12.8. The molecule has 0 atom stereocenters. The van der Waals surface area contributed by atoms with Crippen molar-refractivity contribution < 1.29 is 4.79 Å². The Morgan fingerprint density at radius 3 is 2.65 bits per heavy atom. The van der Waals surface area contributed by atoms with Crippen LogP contribution in [0.1, 0.15) is 29.7 Å². The molecule has 2 aromatic rings. The van der Waals surface area contributed by atoms with Crippen molar-refractivity contribution >= 4 is 23.2 Å². The largest absolute Gasteiger partial charge is 0.367 e. The van der Waals surface area contributed by atoms with Crippen LogP contribution in [0.2, 0.25) is 0 Å². The summed E-state index contributed by atoms with van der Waals surface area (Å²) in [5, 5.41) is 0. The van der Waals surface area contributed by atoms with Crippen LogP contribution < -0.4 is 4.90 Å². The molecule has 1 saturated heterocycles. The topological polar surface area (TPSA) is 49.3 Å². The number of hydrogen-bond donors (Lipinski definition) is 0. The molecule has 0 spiro atoms. The molecule has 1 saturated carbocycles. The summed E-state index contributed by atoms with van der Waals surface area (Å²) in [5.74, 6) is 0.681. The van der Waals surface area contributed by atoms with E-state index in [1.807, 2.05) is 23.4 Å². The average Bonchev–Trinajstić information content (AvgIpc) is 3.46. The van der Waals surface area contributed by atoms with E-state index in [-0.39, 0.29) is 0 Å². The number of hydrogen-bond acceptors (Lipinski definition) is 4. The summed E-state index contributed by atoms with van der Waals surface area (Å²) in [6.45, 7) is 3.44. The molecule has 2 aromatic heterocycles. The van der Waals surface area contributed by atoms with Gasteiger partial charge in [0.2, 0.25) is 5.91 Å². The lowest BCUT2D eigenvalue weighted by atomic mass is 10.1. The monoisotopic (exact) mass is 346 g/mol. The van der Waals surface area contributed by atoms with Gasteiger partial charge in [0, 0.05) is 68.4 Å². The van der Waals surface area contributed by atoms with Gasteiger partial charge in [-0.25, -0.2) is 0 Å². The molecule has 0 radical (unpaired) electrons. The number of aromatic nitrogens is 2. The molecule has 0 N–H and O–H groups in total. The SMILES string of the molecule is O=C(C1CC1)N1CCN(c2ccnc3c2C=C(c2cccnc2)C3)CC1. The van der Waals surface area contributed by atoms with E-state index in [1.165, 1.54) is 16.8 Å². The molecule has 0 unspecified atom stereocenters. The van der Waals surface area contributed by atoms with Crippen LogP contribution in [0.3, 0.4) is 0 Å². The standard InChI is InChI=1S/C21H22N4O/c26-21(15-3-4-15)25-10-8-24(9-11-25)20-5-7-23-19-13-17(12-18(19)20)16-2-1-6-22-14-16/h1-2,5-7,12,14-15H,3-4,8-11,13H2. The Balaban J connectivity index is 1.36. The Hall–Kier alpha value is -2.69. The van der Waals surface area contributed by atoms with Crippen LogP contribution in [-0.4, -0.2) is 47.0 Å². The lowest BCUT2D eigenvalue weighted by Crippen LogP contribution is -2.49. The van der Waals surface area contributed by atoms with E-state index in [4.69, 9.17) is 0 Å². The number of anilines is 1. The van der Waals surface area contributed by atoms with Crippen molar-refractivity contribution in [3.8, 4) is 0 Å². The maximum absolute atomic E-state index is 12.3. The van der Waals surface area contributed by atoms with Gasteiger partial charge in [0.15, 0.2) is 0 Å². The summed E-state index contributed by atoms with van der Waals surface area (Å²) >= 11 is 0. The first-order valence-electron chi connectivity index (χ1n) is 9.42. The van der Waals surface area contributed by atoms with Crippen molar-refractivity contribution in [3.63, 3.8) is 0 Å². The minimum absolute atomic E-state index is 0.316. The summed E-state index contributed by atoms with van der Waals surface area (Å²) in [6, 6.07) is 6.19. The highest BCUT2D eigenvalue weighted by molar-refractivity contribution is 5.91. The number of carbonyl (C=O) groups excluding carboxylic acids is 1. The van der Waals surface area contributed by atoms with Gasteiger partial charge in [-0.2, -0.15) is 0 Å². The fourth-order valence-electron chi connectivity index (χ4n) is 3.98. The molecular formula is C21H22N4O. The number of fused-ring (bicyclic) bond motifs is 1. The molecule has 0 bridgehead atoms. The normalized spacial score (nSPS) is 19.3. The van der Waals surface area contributed by atoms with Gasteiger partial charge >= 0.3 is 0 Å². The number of pyridine rings is 2. The molecule has 5 rings (SSSR count). The molecule has 1 aliphatic heterocycles. The third kappa shape index (κ3) is 2.77. The van der Waals surface area contributed by atoms with Crippen LogP contribution >= 0.6 is 0 Å². The van der Waals surface area contributed by atoms with Gasteiger partial charge < -0.3 is 9.80 Å². The summed E-state index contributed by atoms with van der Waals surface area (Å²) in [5.41, 5.74) is 6.05. The third-order valence-corrected chi connectivity index (χ3v) is 5.62. The fraction of sp³-hybridized carbons (Fsp3) is 0.381. The second-order valence-corrected chi connectivity index (χ2v) is 7.37. The van der Waals surface area contributed by atoms with Gasteiger partial charge in [-0.1, -0.05) is 6.07 Å². The average molecular weight is 346 g/mol. The van der Waals surface area contributed by atoms with Crippen LogP contribution in [0.4, 0.5) is 5.69 Å². The van der Waals surface area contributed by atoms with E-state index in [0.29, 0.717) is 11.8 Å². The number of amides is 1. The maximum Gasteiger partial charge on any atom is 0.225 e.